The van der Waals surface area contributed by atoms with Gasteiger partial charge in [-0.3, -0.25) is 4.98 Å². The predicted octanol–water partition coefficient (Wildman–Crippen LogP) is 0.243. The van der Waals surface area contributed by atoms with E-state index in [1.165, 1.54) is 4.90 Å². The highest BCUT2D eigenvalue weighted by atomic mass is 15.1. The van der Waals surface area contributed by atoms with E-state index in [4.69, 9.17) is 6.42 Å². The van der Waals surface area contributed by atoms with Gasteiger partial charge in [0.05, 0.1) is 12.7 Å². The lowest BCUT2D eigenvalue weighted by atomic mass is 10.2. The molecule has 0 aliphatic rings. The van der Waals surface area contributed by atoms with Crippen LogP contribution in [0.1, 0.15) is 5.69 Å². The van der Waals surface area contributed by atoms with Crippen LogP contribution < -0.4 is 4.90 Å². The zero-order valence-electron chi connectivity index (χ0n) is 8.46. The number of rotatable bonds is 4. The van der Waals surface area contributed by atoms with Crippen LogP contribution in [0.2, 0.25) is 0 Å². The summed E-state index contributed by atoms with van der Waals surface area (Å²) in [6, 6.07) is 5.82. The standard InChI is InChI=1S/C12H14N2/c1-4-9-14(3)10-11(2)12-7-5-6-8-13-12/h1,5-8H,2,9-10H2,3H3/p+1. The van der Waals surface area contributed by atoms with E-state index in [0.717, 1.165) is 17.8 Å². The van der Waals surface area contributed by atoms with Crippen LogP contribution in [0.15, 0.2) is 31.0 Å². The van der Waals surface area contributed by atoms with Gasteiger partial charge in [0, 0.05) is 11.8 Å². The van der Waals surface area contributed by atoms with E-state index < -0.39 is 0 Å². The van der Waals surface area contributed by atoms with Crippen molar-refractivity contribution >= 4 is 5.57 Å². The SMILES string of the molecule is C#CC[NH+](C)CC(=C)c1ccccn1. The number of hydrogen-bond acceptors (Lipinski definition) is 1. The Morgan fingerprint density at radius 2 is 2.43 bits per heavy atom. The first-order valence-corrected chi connectivity index (χ1v) is 4.58. The fourth-order valence-electron chi connectivity index (χ4n) is 1.26. The smallest absolute Gasteiger partial charge is 0.139 e. The minimum atomic E-state index is 0.714. The average molecular weight is 187 g/mol. The molecule has 0 saturated carbocycles. The molecule has 0 aromatic carbocycles. The van der Waals surface area contributed by atoms with Gasteiger partial charge in [0.2, 0.25) is 0 Å². The van der Waals surface area contributed by atoms with Crippen LogP contribution in [0.4, 0.5) is 0 Å². The molecular formula is C12H15N2+. The lowest BCUT2D eigenvalue weighted by molar-refractivity contribution is -0.863. The summed E-state index contributed by atoms with van der Waals surface area (Å²) >= 11 is 0. The van der Waals surface area contributed by atoms with Gasteiger partial charge in [-0.15, -0.1) is 6.42 Å². The summed E-state index contributed by atoms with van der Waals surface area (Å²) < 4.78 is 0. The molecule has 0 amide bonds. The summed E-state index contributed by atoms with van der Waals surface area (Å²) in [7, 11) is 2.05. The third kappa shape index (κ3) is 3.04. The van der Waals surface area contributed by atoms with Gasteiger partial charge in [0.1, 0.15) is 13.1 Å². The maximum atomic E-state index is 5.23. The molecule has 1 N–H and O–H groups in total. The summed E-state index contributed by atoms with van der Waals surface area (Å²) in [6.07, 6.45) is 7.00. The van der Waals surface area contributed by atoms with Crippen LogP contribution in [0, 0.1) is 12.3 Å². The average Bonchev–Trinajstić information content (AvgIpc) is 2.19. The zero-order chi connectivity index (χ0) is 10.4. The summed E-state index contributed by atoms with van der Waals surface area (Å²) in [5.74, 6) is 2.63. The van der Waals surface area contributed by atoms with Gasteiger partial charge in [0.15, 0.2) is 0 Å². The predicted molar refractivity (Wildman–Crippen MR) is 58.7 cm³/mol. The number of quaternary nitrogens is 1. The van der Waals surface area contributed by atoms with E-state index >= 15 is 0 Å². The number of nitrogens with one attached hydrogen (secondary N) is 1. The normalized spacial score (nSPS) is 11.7. The molecule has 0 saturated heterocycles. The first kappa shape index (κ1) is 10.5. The Morgan fingerprint density at radius 3 is 3.00 bits per heavy atom. The monoisotopic (exact) mass is 187 g/mol. The molecule has 2 nitrogen and oxygen atoms in total. The molecule has 0 fully saturated rings. The van der Waals surface area contributed by atoms with Crippen molar-refractivity contribution in [2.24, 2.45) is 0 Å². The van der Waals surface area contributed by atoms with Crippen molar-refractivity contribution in [1.82, 2.24) is 4.98 Å². The third-order valence-electron chi connectivity index (χ3n) is 1.95. The van der Waals surface area contributed by atoms with Gasteiger partial charge in [-0.2, -0.15) is 0 Å². The Labute approximate surface area is 85.3 Å². The van der Waals surface area contributed by atoms with E-state index in [-0.39, 0.29) is 0 Å². The first-order valence-electron chi connectivity index (χ1n) is 4.58. The van der Waals surface area contributed by atoms with Crippen LogP contribution in [-0.2, 0) is 0 Å². The lowest BCUT2D eigenvalue weighted by Crippen LogP contribution is -3.08. The number of pyridine rings is 1. The van der Waals surface area contributed by atoms with E-state index in [1.54, 1.807) is 6.20 Å². The molecule has 1 unspecified atom stereocenters. The zero-order valence-corrected chi connectivity index (χ0v) is 8.46. The van der Waals surface area contributed by atoms with E-state index in [0.29, 0.717) is 6.54 Å². The molecule has 72 valence electrons. The first-order chi connectivity index (χ1) is 6.74. The van der Waals surface area contributed by atoms with Crippen LogP contribution >= 0.6 is 0 Å². The van der Waals surface area contributed by atoms with Gasteiger partial charge < -0.3 is 4.90 Å². The fourth-order valence-corrected chi connectivity index (χ4v) is 1.26. The van der Waals surface area contributed by atoms with Crippen LogP contribution in [-0.4, -0.2) is 25.1 Å². The Kier molecular flexibility index (Phi) is 3.90. The molecule has 1 atom stereocenters. The molecule has 1 heterocycles. The molecule has 14 heavy (non-hydrogen) atoms. The summed E-state index contributed by atoms with van der Waals surface area (Å²) in [5.41, 5.74) is 1.97. The maximum absolute atomic E-state index is 5.23. The van der Waals surface area contributed by atoms with Gasteiger partial charge >= 0.3 is 0 Å². The quantitative estimate of drug-likeness (QED) is 0.668. The second kappa shape index (κ2) is 5.21. The summed E-state index contributed by atoms with van der Waals surface area (Å²) in [5, 5.41) is 0. The number of likely N-dealkylation sites (N-methyl/N-ethyl adjacent to an activating group) is 1. The number of nitrogens with zero attached hydrogens (tertiary/aromatic N) is 1. The van der Waals surface area contributed by atoms with Gasteiger partial charge in [-0.25, -0.2) is 0 Å². The van der Waals surface area contributed by atoms with E-state index in [2.05, 4.69) is 17.5 Å². The van der Waals surface area contributed by atoms with Crippen molar-refractivity contribution in [3.05, 3.63) is 36.7 Å². The molecule has 0 radical (unpaired) electrons. The minimum Gasteiger partial charge on any atom is -0.323 e. The van der Waals surface area contributed by atoms with Gasteiger partial charge in [-0.05, 0) is 18.1 Å². The Morgan fingerprint density at radius 1 is 1.64 bits per heavy atom. The highest BCUT2D eigenvalue weighted by Gasteiger charge is 2.05. The Hall–Kier alpha value is -1.59. The van der Waals surface area contributed by atoms with Crippen molar-refractivity contribution in [1.29, 1.82) is 0 Å². The largest absolute Gasteiger partial charge is 0.323 e. The second-order valence-corrected chi connectivity index (χ2v) is 3.33. The molecule has 0 aliphatic heterocycles. The highest BCUT2D eigenvalue weighted by Crippen LogP contribution is 2.04. The molecule has 1 rings (SSSR count). The van der Waals surface area contributed by atoms with E-state index in [9.17, 15) is 0 Å². The second-order valence-electron chi connectivity index (χ2n) is 3.33. The summed E-state index contributed by atoms with van der Waals surface area (Å²) in [4.78, 5) is 5.48. The van der Waals surface area contributed by atoms with Crippen molar-refractivity contribution < 1.29 is 4.90 Å². The summed E-state index contributed by atoms with van der Waals surface area (Å²) in [6.45, 7) is 5.54. The van der Waals surface area contributed by atoms with Crippen LogP contribution in [0.25, 0.3) is 5.57 Å². The Balaban J connectivity index is 2.56. The topological polar surface area (TPSA) is 17.3 Å². The molecule has 0 aliphatic carbocycles. The minimum absolute atomic E-state index is 0.714. The molecule has 1 aromatic rings. The molecule has 0 bridgehead atoms. The molecule has 2 heteroatoms. The lowest BCUT2D eigenvalue weighted by Gasteiger charge is -2.11. The van der Waals surface area contributed by atoms with Crippen molar-refractivity contribution in [3.63, 3.8) is 0 Å². The van der Waals surface area contributed by atoms with Gasteiger partial charge in [-0.1, -0.05) is 12.6 Å². The van der Waals surface area contributed by atoms with Gasteiger partial charge in [0.25, 0.3) is 0 Å². The molecular weight excluding hydrogens is 172 g/mol. The van der Waals surface area contributed by atoms with Crippen molar-refractivity contribution in [2.75, 3.05) is 20.1 Å². The van der Waals surface area contributed by atoms with Crippen molar-refractivity contribution in [3.8, 4) is 12.3 Å². The number of aromatic nitrogens is 1. The van der Waals surface area contributed by atoms with E-state index in [1.807, 2.05) is 25.2 Å². The Bertz CT molecular complexity index is 335. The van der Waals surface area contributed by atoms with Crippen molar-refractivity contribution in [2.45, 2.75) is 0 Å². The molecule has 0 spiro atoms. The fraction of sp³-hybridized carbons (Fsp3) is 0.250. The van der Waals surface area contributed by atoms with Crippen LogP contribution in [0.3, 0.4) is 0 Å². The number of hydrogen-bond donors (Lipinski definition) is 1. The number of terminal acetylenes is 1. The highest BCUT2D eigenvalue weighted by molar-refractivity contribution is 5.60. The van der Waals surface area contributed by atoms with Crippen LogP contribution in [0.5, 0.6) is 0 Å². The third-order valence-corrected chi connectivity index (χ3v) is 1.95. The molecule has 1 aromatic heterocycles. The maximum Gasteiger partial charge on any atom is 0.139 e.